The van der Waals surface area contributed by atoms with Gasteiger partial charge in [0.05, 0.1) is 0 Å². The number of rotatable bonds is 5. The first-order chi connectivity index (χ1) is 12.4. The van der Waals surface area contributed by atoms with E-state index in [1.165, 1.54) is 5.56 Å². The van der Waals surface area contributed by atoms with Crippen LogP contribution in [0, 0.1) is 0 Å². The van der Waals surface area contributed by atoms with Crippen LogP contribution in [0.15, 0.2) is 57.7 Å². The first kappa shape index (κ1) is 18.2. The predicted molar refractivity (Wildman–Crippen MR) is 106 cm³/mol. The van der Waals surface area contributed by atoms with Crippen LogP contribution in [0.1, 0.15) is 50.8 Å². The molecule has 0 amide bonds. The summed E-state index contributed by atoms with van der Waals surface area (Å²) in [6.45, 7) is 9.19. The lowest BCUT2D eigenvalue weighted by Crippen LogP contribution is -2.10. The van der Waals surface area contributed by atoms with Crippen molar-refractivity contribution in [3.8, 4) is 5.75 Å². The van der Waals surface area contributed by atoms with Crippen molar-refractivity contribution in [1.82, 2.24) is 0 Å². The molecule has 1 aromatic heterocycles. The minimum Gasteiger partial charge on any atom is -0.489 e. The Balaban J connectivity index is 1.78. The molecule has 3 nitrogen and oxygen atoms in total. The highest BCUT2D eigenvalue weighted by Gasteiger charge is 2.13. The van der Waals surface area contributed by atoms with E-state index in [0.717, 1.165) is 29.4 Å². The van der Waals surface area contributed by atoms with Gasteiger partial charge in [0.15, 0.2) is 0 Å². The molecule has 3 rings (SSSR count). The van der Waals surface area contributed by atoms with Gasteiger partial charge in [-0.25, -0.2) is 4.79 Å². The van der Waals surface area contributed by atoms with Crippen molar-refractivity contribution in [3.05, 3.63) is 75.6 Å². The molecule has 0 unspecified atom stereocenters. The summed E-state index contributed by atoms with van der Waals surface area (Å²) < 4.78 is 11.3. The summed E-state index contributed by atoms with van der Waals surface area (Å²) in [5.41, 5.74) is 3.86. The van der Waals surface area contributed by atoms with Gasteiger partial charge in [-0.3, -0.25) is 0 Å². The summed E-state index contributed by atoms with van der Waals surface area (Å²) in [5, 5.41) is 0.980. The molecule has 0 atom stereocenters. The highest BCUT2D eigenvalue weighted by molar-refractivity contribution is 5.81. The normalized spacial score (nSPS) is 11.7. The molecular weight excluding hydrogens is 324 g/mol. The Morgan fingerprint density at radius 2 is 1.73 bits per heavy atom. The third-order valence-corrected chi connectivity index (χ3v) is 4.55. The van der Waals surface area contributed by atoms with Crippen molar-refractivity contribution in [2.45, 2.75) is 52.6 Å². The molecule has 0 saturated heterocycles. The number of aryl methyl sites for hydroxylation is 1. The molecule has 136 valence electrons. The van der Waals surface area contributed by atoms with Crippen LogP contribution < -0.4 is 10.4 Å². The Kier molecular flexibility index (Phi) is 5.17. The molecule has 0 fully saturated rings. The zero-order valence-electron chi connectivity index (χ0n) is 16.0. The minimum atomic E-state index is -0.309. The molecule has 1 heterocycles. The second-order valence-electron chi connectivity index (χ2n) is 7.73. The van der Waals surface area contributed by atoms with Gasteiger partial charge in [-0.05, 0) is 40.7 Å². The van der Waals surface area contributed by atoms with E-state index < -0.39 is 0 Å². The summed E-state index contributed by atoms with van der Waals surface area (Å²) in [4.78, 5) is 11.8. The van der Waals surface area contributed by atoms with Gasteiger partial charge in [0.1, 0.15) is 17.9 Å². The van der Waals surface area contributed by atoms with Crippen molar-refractivity contribution in [2.75, 3.05) is 0 Å². The lowest BCUT2D eigenvalue weighted by molar-refractivity contribution is 0.306. The van der Waals surface area contributed by atoms with Crippen LogP contribution in [-0.2, 0) is 18.4 Å². The zero-order chi connectivity index (χ0) is 18.7. The molecule has 0 radical (unpaired) electrons. The Hall–Kier alpha value is -2.55. The molecular formula is C23H26O3. The van der Waals surface area contributed by atoms with Crippen molar-refractivity contribution >= 4 is 11.0 Å². The fourth-order valence-electron chi connectivity index (χ4n) is 3.04. The van der Waals surface area contributed by atoms with Gasteiger partial charge in [-0.2, -0.15) is 0 Å². The maximum atomic E-state index is 11.8. The topological polar surface area (TPSA) is 39.4 Å². The number of hydrogen-bond acceptors (Lipinski definition) is 3. The molecule has 0 N–H and O–H groups in total. The predicted octanol–water partition coefficient (Wildman–Crippen LogP) is 5.62. The van der Waals surface area contributed by atoms with Crippen LogP contribution in [0.3, 0.4) is 0 Å². The van der Waals surface area contributed by atoms with Crippen LogP contribution in [0.4, 0.5) is 0 Å². The van der Waals surface area contributed by atoms with E-state index in [0.29, 0.717) is 17.9 Å². The van der Waals surface area contributed by atoms with Gasteiger partial charge in [0.2, 0.25) is 0 Å². The highest BCUT2D eigenvalue weighted by atomic mass is 16.5. The van der Waals surface area contributed by atoms with Gasteiger partial charge in [0.25, 0.3) is 0 Å². The number of fused-ring (bicyclic) bond motifs is 1. The first-order valence-electron chi connectivity index (χ1n) is 9.16. The van der Waals surface area contributed by atoms with Gasteiger partial charge in [-0.15, -0.1) is 0 Å². The van der Waals surface area contributed by atoms with Gasteiger partial charge < -0.3 is 9.15 Å². The van der Waals surface area contributed by atoms with E-state index >= 15 is 0 Å². The SMILES string of the molecule is CCCc1cc(=O)oc2cc(OCc3ccc(C(C)(C)C)cc3)ccc12. The second-order valence-corrected chi connectivity index (χ2v) is 7.73. The zero-order valence-corrected chi connectivity index (χ0v) is 16.0. The molecule has 2 aromatic carbocycles. The Bertz CT molecular complexity index is 944. The number of hydrogen-bond donors (Lipinski definition) is 0. The largest absolute Gasteiger partial charge is 0.489 e. The Morgan fingerprint density at radius 1 is 1.00 bits per heavy atom. The average Bonchev–Trinajstić information content (AvgIpc) is 2.59. The van der Waals surface area contributed by atoms with Crippen molar-refractivity contribution in [1.29, 1.82) is 0 Å². The quantitative estimate of drug-likeness (QED) is 0.560. The fraction of sp³-hybridized carbons (Fsp3) is 0.348. The molecule has 0 aliphatic heterocycles. The highest BCUT2D eigenvalue weighted by Crippen LogP contribution is 2.25. The summed E-state index contributed by atoms with van der Waals surface area (Å²) in [6, 6.07) is 15.8. The Labute approximate surface area is 154 Å². The minimum absolute atomic E-state index is 0.144. The third kappa shape index (κ3) is 4.16. The fourth-order valence-corrected chi connectivity index (χ4v) is 3.04. The van der Waals surface area contributed by atoms with E-state index in [1.807, 2.05) is 12.1 Å². The molecule has 3 aromatic rings. The summed E-state index contributed by atoms with van der Waals surface area (Å²) >= 11 is 0. The Morgan fingerprint density at radius 3 is 2.38 bits per heavy atom. The summed E-state index contributed by atoms with van der Waals surface area (Å²) in [5.74, 6) is 0.703. The number of ether oxygens (including phenoxy) is 1. The first-order valence-corrected chi connectivity index (χ1v) is 9.16. The molecule has 0 bridgehead atoms. The maximum absolute atomic E-state index is 11.8. The maximum Gasteiger partial charge on any atom is 0.336 e. The second kappa shape index (κ2) is 7.36. The van der Waals surface area contributed by atoms with Crippen LogP contribution in [0.25, 0.3) is 11.0 Å². The van der Waals surface area contributed by atoms with Gasteiger partial charge >= 0.3 is 5.63 Å². The van der Waals surface area contributed by atoms with E-state index in [1.54, 1.807) is 12.1 Å². The van der Waals surface area contributed by atoms with E-state index in [2.05, 4.69) is 52.0 Å². The average molecular weight is 350 g/mol. The number of benzene rings is 2. The monoisotopic (exact) mass is 350 g/mol. The van der Waals surface area contributed by atoms with Crippen LogP contribution in [-0.4, -0.2) is 0 Å². The van der Waals surface area contributed by atoms with Gasteiger partial charge in [-0.1, -0.05) is 58.4 Å². The van der Waals surface area contributed by atoms with Crippen LogP contribution in [0.5, 0.6) is 5.75 Å². The van der Waals surface area contributed by atoms with Crippen LogP contribution in [0.2, 0.25) is 0 Å². The van der Waals surface area contributed by atoms with Crippen LogP contribution >= 0.6 is 0 Å². The summed E-state index contributed by atoms with van der Waals surface area (Å²) in [7, 11) is 0. The molecule has 0 aliphatic carbocycles. The third-order valence-electron chi connectivity index (χ3n) is 4.55. The molecule has 26 heavy (non-hydrogen) atoms. The summed E-state index contributed by atoms with van der Waals surface area (Å²) in [6.07, 6.45) is 1.85. The lowest BCUT2D eigenvalue weighted by atomic mass is 9.87. The molecule has 0 saturated carbocycles. The smallest absolute Gasteiger partial charge is 0.336 e. The van der Waals surface area contributed by atoms with E-state index in [4.69, 9.17) is 9.15 Å². The molecule has 0 spiro atoms. The molecule has 0 aliphatic rings. The van der Waals surface area contributed by atoms with Crippen molar-refractivity contribution in [3.63, 3.8) is 0 Å². The van der Waals surface area contributed by atoms with E-state index in [9.17, 15) is 4.79 Å². The lowest BCUT2D eigenvalue weighted by Gasteiger charge is -2.19. The van der Waals surface area contributed by atoms with Crippen molar-refractivity contribution in [2.24, 2.45) is 0 Å². The van der Waals surface area contributed by atoms with Crippen molar-refractivity contribution < 1.29 is 9.15 Å². The van der Waals surface area contributed by atoms with Gasteiger partial charge in [0, 0.05) is 17.5 Å². The standard InChI is InChI=1S/C23H26O3/c1-5-6-17-13-22(24)26-21-14-19(11-12-20(17)21)25-15-16-7-9-18(10-8-16)23(2,3)4/h7-14H,5-6,15H2,1-4H3. The van der Waals surface area contributed by atoms with E-state index in [-0.39, 0.29) is 11.0 Å². The molecule has 3 heteroatoms.